The molecule has 0 saturated carbocycles. The van der Waals surface area contributed by atoms with Crippen LogP contribution in [0.15, 0.2) is 17.6 Å². The number of aromatic nitrogens is 2. The molecule has 1 saturated heterocycles. The zero-order chi connectivity index (χ0) is 11.8. The van der Waals surface area contributed by atoms with Crippen LogP contribution in [0.5, 0.6) is 0 Å². The van der Waals surface area contributed by atoms with Gasteiger partial charge in [-0.2, -0.15) is 0 Å². The molecule has 0 N–H and O–H groups in total. The summed E-state index contributed by atoms with van der Waals surface area (Å²) in [6.07, 6.45) is 4.86. The van der Waals surface area contributed by atoms with Crippen molar-refractivity contribution in [3.8, 4) is 0 Å². The maximum Gasteiger partial charge on any atom is 0.278 e. The molecule has 1 aliphatic rings. The fraction of sp³-hybridized carbons (Fsp3) is 0.667. The number of hydrogen-bond donors (Lipinski definition) is 0. The van der Waals surface area contributed by atoms with Gasteiger partial charge in [0.05, 0.1) is 12.5 Å². The molecule has 1 aliphatic heterocycles. The minimum absolute atomic E-state index is 0.0921. The smallest absolute Gasteiger partial charge is 0.278 e. The normalized spacial score (nSPS) is 23.5. The highest BCUT2D eigenvalue weighted by Gasteiger charge is 2.24. The fourth-order valence-corrected chi connectivity index (χ4v) is 3.12. The third-order valence-electron chi connectivity index (χ3n) is 2.87. The van der Waals surface area contributed by atoms with Crippen molar-refractivity contribution in [1.29, 1.82) is 0 Å². The van der Waals surface area contributed by atoms with Crippen LogP contribution in [0.3, 0.4) is 0 Å². The monoisotopic (exact) mass is 263 g/mol. The van der Waals surface area contributed by atoms with E-state index in [-0.39, 0.29) is 11.1 Å². The summed E-state index contributed by atoms with van der Waals surface area (Å²) < 4.78 is 24.3. The van der Waals surface area contributed by atoms with E-state index in [0.717, 1.165) is 25.9 Å². The first-order valence-electron chi connectivity index (χ1n) is 5.13. The average molecular weight is 264 g/mol. The molecule has 0 radical (unpaired) electrons. The molecule has 0 bridgehead atoms. The lowest BCUT2D eigenvalue weighted by Crippen LogP contribution is -2.34. The van der Waals surface area contributed by atoms with Gasteiger partial charge in [0.1, 0.15) is 0 Å². The van der Waals surface area contributed by atoms with Crippen molar-refractivity contribution >= 4 is 19.7 Å². The van der Waals surface area contributed by atoms with Gasteiger partial charge in [0.25, 0.3) is 9.05 Å². The summed E-state index contributed by atoms with van der Waals surface area (Å²) in [5, 5.41) is 0.0921. The highest BCUT2D eigenvalue weighted by molar-refractivity contribution is 8.13. The Bertz CT molecular complexity index is 471. The first-order valence-corrected chi connectivity index (χ1v) is 7.44. The van der Waals surface area contributed by atoms with Crippen molar-refractivity contribution in [1.82, 2.24) is 14.5 Å². The third kappa shape index (κ3) is 2.39. The molecule has 16 heavy (non-hydrogen) atoms. The van der Waals surface area contributed by atoms with E-state index in [4.69, 9.17) is 10.7 Å². The number of halogens is 1. The van der Waals surface area contributed by atoms with Crippen molar-refractivity contribution in [3.63, 3.8) is 0 Å². The quantitative estimate of drug-likeness (QED) is 0.750. The maximum atomic E-state index is 11.3. The second-order valence-corrected chi connectivity index (χ2v) is 6.65. The minimum atomic E-state index is -3.70. The van der Waals surface area contributed by atoms with Gasteiger partial charge in [-0.15, -0.1) is 0 Å². The Morgan fingerprint density at radius 3 is 2.94 bits per heavy atom. The van der Waals surface area contributed by atoms with Crippen LogP contribution in [0.4, 0.5) is 0 Å². The van der Waals surface area contributed by atoms with Crippen LogP contribution in [0.2, 0.25) is 0 Å². The molecular formula is C9H14ClN3O2S. The van der Waals surface area contributed by atoms with E-state index in [2.05, 4.69) is 9.88 Å². The van der Waals surface area contributed by atoms with Gasteiger partial charge in [-0.25, -0.2) is 13.4 Å². The summed E-state index contributed by atoms with van der Waals surface area (Å²) in [5.41, 5.74) is 0. The largest absolute Gasteiger partial charge is 0.316 e. The molecule has 0 spiro atoms. The molecule has 1 unspecified atom stereocenters. The van der Waals surface area contributed by atoms with Gasteiger partial charge in [-0.3, -0.25) is 0 Å². The van der Waals surface area contributed by atoms with Crippen molar-refractivity contribution in [3.05, 3.63) is 12.5 Å². The predicted molar refractivity (Wildman–Crippen MR) is 61.0 cm³/mol. The standard InChI is InChI=1S/C9H14ClN3O2S/c1-12-4-2-3-8(6-12)13-7-11-5-9(13)16(10,14)15/h5,7-8H,2-4,6H2,1H3. The zero-order valence-electron chi connectivity index (χ0n) is 9.00. The Labute approximate surface area is 99.4 Å². The van der Waals surface area contributed by atoms with E-state index in [1.807, 2.05) is 7.05 Å². The summed E-state index contributed by atoms with van der Waals surface area (Å²) in [6, 6.07) is 0.143. The van der Waals surface area contributed by atoms with Gasteiger partial charge in [0, 0.05) is 23.3 Å². The lowest BCUT2D eigenvalue weighted by molar-refractivity contribution is 0.206. The molecule has 0 aromatic carbocycles. The van der Waals surface area contributed by atoms with Gasteiger partial charge < -0.3 is 9.47 Å². The van der Waals surface area contributed by atoms with E-state index >= 15 is 0 Å². The zero-order valence-corrected chi connectivity index (χ0v) is 10.6. The molecule has 90 valence electrons. The molecule has 2 rings (SSSR count). The van der Waals surface area contributed by atoms with Crippen molar-refractivity contribution in [2.24, 2.45) is 0 Å². The van der Waals surface area contributed by atoms with Crippen LogP contribution < -0.4 is 0 Å². The van der Waals surface area contributed by atoms with Gasteiger partial charge in [-0.1, -0.05) is 0 Å². The number of imidazole rings is 1. The number of likely N-dealkylation sites (N-methyl/N-ethyl adjacent to an activating group) is 1. The third-order valence-corrected chi connectivity index (χ3v) is 4.16. The molecule has 1 atom stereocenters. The molecule has 1 aromatic rings. The van der Waals surface area contributed by atoms with Crippen LogP contribution in [0.1, 0.15) is 18.9 Å². The molecule has 1 fully saturated rings. The topological polar surface area (TPSA) is 55.2 Å². The number of nitrogens with zero attached hydrogens (tertiary/aromatic N) is 3. The summed E-state index contributed by atoms with van der Waals surface area (Å²) in [6.45, 7) is 1.88. The van der Waals surface area contributed by atoms with E-state index in [0.29, 0.717) is 0 Å². The van der Waals surface area contributed by atoms with Crippen LogP contribution in [0.25, 0.3) is 0 Å². The van der Waals surface area contributed by atoms with Crippen molar-refractivity contribution in [2.75, 3.05) is 20.1 Å². The number of piperidine rings is 1. The highest BCUT2D eigenvalue weighted by Crippen LogP contribution is 2.25. The van der Waals surface area contributed by atoms with E-state index < -0.39 is 9.05 Å². The van der Waals surface area contributed by atoms with E-state index in [1.165, 1.54) is 6.20 Å². The van der Waals surface area contributed by atoms with Gasteiger partial charge in [-0.05, 0) is 26.4 Å². The predicted octanol–water partition coefficient (Wildman–Crippen LogP) is 1.08. The first kappa shape index (κ1) is 11.9. The van der Waals surface area contributed by atoms with Crippen LogP contribution >= 0.6 is 10.7 Å². The molecule has 7 heteroatoms. The molecule has 2 heterocycles. The lowest BCUT2D eigenvalue weighted by atomic mass is 10.1. The SMILES string of the molecule is CN1CCCC(n2cncc2S(=O)(=O)Cl)C1. The van der Waals surface area contributed by atoms with Gasteiger partial charge in [0.15, 0.2) is 5.03 Å². The molecule has 1 aromatic heterocycles. The summed E-state index contributed by atoms with van der Waals surface area (Å²) in [7, 11) is 3.68. The number of hydrogen-bond acceptors (Lipinski definition) is 4. The van der Waals surface area contributed by atoms with Crippen molar-refractivity contribution < 1.29 is 8.42 Å². The highest BCUT2D eigenvalue weighted by atomic mass is 35.7. The van der Waals surface area contributed by atoms with Crippen molar-refractivity contribution in [2.45, 2.75) is 23.9 Å². The number of likely N-dealkylation sites (tertiary alicyclic amines) is 1. The van der Waals surface area contributed by atoms with Gasteiger partial charge in [0.2, 0.25) is 0 Å². The molecule has 0 aliphatic carbocycles. The Hall–Kier alpha value is -0.590. The Kier molecular flexibility index (Phi) is 3.23. The second-order valence-electron chi connectivity index (χ2n) is 4.14. The Morgan fingerprint density at radius 2 is 2.31 bits per heavy atom. The van der Waals surface area contributed by atoms with Crippen LogP contribution in [-0.2, 0) is 9.05 Å². The Balaban J connectivity index is 2.30. The second kappa shape index (κ2) is 4.35. The van der Waals surface area contributed by atoms with Crippen LogP contribution in [-0.4, -0.2) is 43.0 Å². The summed E-state index contributed by atoms with van der Waals surface area (Å²) in [4.78, 5) is 6.05. The van der Waals surface area contributed by atoms with E-state index in [1.54, 1.807) is 10.9 Å². The summed E-state index contributed by atoms with van der Waals surface area (Å²) in [5.74, 6) is 0. The fourth-order valence-electron chi connectivity index (χ4n) is 2.12. The maximum absolute atomic E-state index is 11.3. The van der Waals surface area contributed by atoms with Gasteiger partial charge >= 0.3 is 0 Å². The number of rotatable bonds is 2. The molecular weight excluding hydrogens is 250 g/mol. The first-order chi connectivity index (χ1) is 7.48. The Morgan fingerprint density at radius 1 is 1.56 bits per heavy atom. The summed E-state index contributed by atoms with van der Waals surface area (Å²) >= 11 is 0. The minimum Gasteiger partial charge on any atom is -0.316 e. The molecule has 5 nitrogen and oxygen atoms in total. The average Bonchev–Trinajstić information content (AvgIpc) is 2.65. The lowest BCUT2D eigenvalue weighted by Gasteiger charge is -2.30. The van der Waals surface area contributed by atoms with E-state index in [9.17, 15) is 8.42 Å². The molecule has 0 amide bonds. The van der Waals surface area contributed by atoms with Crippen LogP contribution in [0, 0.1) is 0 Å².